The van der Waals surface area contributed by atoms with Crippen molar-refractivity contribution >= 4 is 6.29 Å². The monoisotopic (exact) mass is 177 g/mol. The normalized spacial score (nSPS) is 10.1. The van der Waals surface area contributed by atoms with Gasteiger partial charge in [0, 0.05) is 0 Å². The molecule has 0 fully saturated rings. The van der Waals surface area contributed by atoms with E-state index in [4.69, 9.17) is 4.74 Å². The highest BCUT2D eigenvalue weighted by atomic mass is 16.5. The van der Waals surface area contributed by atoms with Gasteiger partial charge in [0.05, 0.1) is 0 Å². The first-order valence-corrected chi connectivity index (χ1v) is 4.32. The molecule has 0 saturated heterocycles. The Labute approximate surface area is 78.5 Å². The van der Waals surface area contributed by atoms with Crippen LogP contribution in [0.15, 0.2) is 24.3 Å². The maximum Gasteiger partial charge on any atom is 0.239 e. The molecule has 0 aromatic heterocycles. The van der Waals surface area contributed by atoms with Crippen LogP contribution in [-0.4, -0.2) is 12.9 Å². The van der Waals surface area contributed by atoms with Crippen LogP contribution < -0.4 is 4.74 Å². The van der Waals surface area contributed by atoms with E-state index in [0.29, 0.717) is 11.7 Å². The van der Waals surface area contributed by atoms with Crippen molar-refractivity contribution in [1.29, 1.82) is 0 Å². The van der Waals surface area contributed by atoms with Crippen LogP contribution in [0.5, 0.6) is 5.75 Å². The van der Waals surface area contributed by atoms with Gasteiger partial charge >= 0.3 is 0 Å². The summed E-state index contributed by atoms with van der Waals surface area (Å²) < 4.78 is 5.07. The van der Waals surface area contributed by atoms with Crippen LogP contribution in [0.1, 0.15) is 25.3 Å². The molecule has 0 bridgehead atoms. The summed E-state index contributed by atoms with van der Waals surface area (Å²) in [6.45, 7) is 4.27. The SMILES string of the molecule is CC(C)c1ccc(OC[C]=O)cc1. The zero-order valence-electron chi connectivity index (χ0n) is 7.91. The molecule has 0 unspecified atom stereocenters. The number of rotatable bonds is 4. The van der Waals surface area contributed by atoms with Crippen LogP contribution in [0, 0.1) is 0 Å². The average Bonchev–Trinajstić information content (AvgIpc) is 2.15. The second-order valence-electron chi connectivity index (χ2n) is 3.16. The number of hydrogen-bond acceptors (Lipinski definition) is 2. The van der Waals surface area contributed by atoms with Crippen molar-refractivity contribution in [2.24, 2.45) is 0 Å². The molecule has 13 heavy (non-hydrogen) atoms. The van der Waals surface area contributed by atoms with E-state index in [9.17, 15) is 4.79 Å². The van der Waals surface area contributed by atoms with E-state index in [1.165, 1.54) is 5.56 Å². The Morgan fingerprint density at radius 1 is 1.31 bits per heavy atom. The van der Waals surface area contributed by atoms with E-state index in [-0.39, 0.29) is 6.61 Å². The summed E-state index contributed by atoms with van der Waals surface area (Å²) in [6.07, 6.45) is 1.68. The molecule has 2 nitrogen and oxygen atoms in total. The predicted molar refractivity (Wildman–Crippen MR) is 51.7 cm³/mol. The van der Waals surface area contributed by atoms with Crippen molar-refractivity contribution in [3.63, 3.8) is 0 Å². The van der Waals surface area contributed by atoms with Crippen molar-refractivity contribution in [2.75, 3.05) is 6.61 Å². The molecule has 1 aromatic carbocycles. The average molecular weight is 177 g/mol. The van der Waals surface area contributed by atoms with Gasteiger partial charge in [-0.05, 0) is 23.6 Å². The largest absolute Gasteiger partial charge is 0.485 e. The van der Waals surface area contributed by atoms with E-state index in [2.05, 4.69) is 13.8 Å². The first-order chi connectivity index (χ1) is 6.24. The number of hydrogen-bond donors (Lipinski definition) is 0. The van der Waals surface area contributed by atoms with Crippen molar-refractivity contribution in [1.82, 2.24) is 0 Å². The fraction of sp³-hybridized carbons (Fsp3) is 0.364. The minimum Gasteiger partial charge on any atom is -0.485 e. The van der Waals surface area contributed by atoms with Gasteiger partial charge in [-0.25, -0.2) is 0 Å². The topological polar surface area (TPSA) is 26.3 Å². The Bertz CT molecular complexity index is 262. The van der Waals surface area contributed by atoms with Gasteiger partial charge in [-0.15, -0.1) is 0 Å². The standard InChI is InChI=1S/C11H13O2/c1-9(2)10-3-5-11(6-4-10)13-8-7-12/h3-6,9H,8H2,1-2H3. The first kappa shape index (κ1) is 9.78. The summed E-state index contributed by atoms with van der Waals surface area (Å²) >= 11 is 0. The maximum absolute atomic E-state index is 9.90. The zero-order chi connectivity index (χ0) is 9.68. The van der Waals surface area contributed by atoms with Crippen molar-refractivity contribution in [3.05, 3.63) is 29.8 Å². The fourth-order valence-electron chi connectivity index (χ4n) is 1.06. The van der Waals surface area contributed by atoms with E-state index >= 15 is 0 Å². The molecule has 1 aromatic rings. The molecule has 1 radical (unpaired) electrons. The van der Waals surface area contributed by atoms with Crippen LogP contribution in [-0.2, 0) is 4.79 Å². The molecular weight excluding hydrogens is 164 g/mol. The molecule has 0 atom stereocenters. The third-order valence-electron chi connectivity index (χ3n) is 1.84. The minimum atomic E-state index is 0.00102. The van der Waals surface area contributed by atoms with Gasteiger partial charge in [0.25, 0.3) is 0 Å². The van der Waals surface area contributed by atoms with Gasteiger partial charge in [0.1, 0.15) is 5.75 Å². The first-order valence-electron chi connectivity index (χ1n) is 4.32. The quantitative estimate of drug-likeness (QED) is 0.705. The van der Waals surface area contributed by atoms with E-state index in [1.54, 1.807) is 6.29 Å². The van der Waals surface area contributed by atoms with Crippen LogP contribution in [0.25, 0.3) is 0 Å². The molecule has 0 spiro atoms. The summed E-state index contributed by atoms with van der Waals surface area (Å²) in [5, 5.41) is 0. The Kier molecular flexibility index (Phi) is 3.50. The molecule has 1 rings (SSSR count). The van der Waals surface area contributed by atoms with E-state index in [0.717, 1.165) is 0 Å². The second-order valence-corrected chi connectivity index (χ2v) is 3.16. The van der Waals surface area contributed by atoms with E-state index in [1.807, 2.05) is 24.3 Å². The van der Waals surface area contributed by atoms with E-state index < -0.39 is 0 Å². The highest BCUT2D eigenvalue weighted by Crippen LogP contribution is 2.18. The molecule has 0 aliphatic heterocycles. The summed E-state index contributed by atoms with van der Waals surface area (Å²) in [5.74, 6) is 1.24. The zero-order valence-corrected chi connectivity index (χ0v) is 7.91. The van der Waals surface area contributed by atoms with Crippen molar-refractivity contribution in [2.45, 2.75) is 19.8 Å². The fourth-order valence-corrected chi connectivity index (χ4v) is 1.06. The Balaban J connectivity index is 2.64. The Morgan fingerprint density at radius 2 is 1.92 bits per heavy atom. The van der Waals surface area contributed by atoms with Gasteiger partial charge in [-0.3, -0.25) is 4.79 Å². The predicted octanol–water partition coefficient (Wildman–Crippen LogP) is 2.30. The highest BCUT2D eigenvalue weighted by Gasteiger charge is 1.98. The molecule has 0 aliphatic carbocycles. The molecule has 0 aliphatic rings. The van der Waals surface area contributed by atoms with Crippen molar-refractivity contribution < 1.29 is 9.53 Å². The second kappa shape index (κ2) is 4.65. The lowest BCUT2D eigenvalue weighted by Gasteiger charge is -2.06. The van der Waals surface area contributed by atoms with Crippen LogP contribution in [0.2, 0.25) is 0 Å². The van der Waals surface area contributed by atoms with Crippen LogP contribution in [0.3, 0.4) is 0 Å². The summed E-state index contributed by atoms with van der Waals surface area (Å²) in [4.78, 5) is 9.90. The Morgan fingerprint density at radius 3 is 2.38 bits per heavy atom. The Hall–Kier alpha value is -1.31. The summed E-state index contributed by atoms with van der Waals surface area (Å²) in [5.41, 5.74) is 1.27. The van der Waals surface area contributed by atoms with Crippen molar-refractivity contribution in [3.8, 4) is 5.75 Å². The highest BCUT2D eigenvalue weighted by molar-refractivity contribution is 5.52. The molecule has 0 heterocycles. The molecule has 0 N–H and O–H groups in total. The number of ether oxygens (including phenoxy) is 1. The van der Waals surface area contributed by atoms with Crippen LogP contribution in [0.4, 0.5) is 0 Å². The van der Waals surface area contributed by atoms with Gasteiger partial charge in [0.15, 0.2) is 6.61 Å². The summed E-state index contributed by atoms with van der Waals surface area (Å²) in [6, 6.07) is 7.74. The van der Waals surface area contributed by atoms with Gasteiger partial charge < -0.3 is 4.74 Å². The third-order valence-corrected chi connectivity index (χ3v) is 1.84. The molecule has 69 valence electrons. The van der Waals surface area contributed by atoms with Gasteiger partial charge in [0.2, 0.25) is 6.29 Å². The lowest BCUT2D eigenvalue weighted by molar-refractivity contribution is 0.365. The lowest BCUT2D eigenvalue weighted by Crippen LogP contribution is -1.97. The lowest BCUT2D eigenvalue weighted by atomic mass is 10.0. The molecule has 0 saturated carbocycles. The minimum absolute atomic E-state index is 0.00102. The number of carbonyl (C=O) groups excluding carboxylic acids is 1. The third kappa shape index (κ3) is 2.90. The number of benzene rings is 1. The van der Waals surface area contributed by atoms with Crippen LogP contribution >= 0.6 is 0 Å². The van der Waals surface area contributed by atoms with Gasteiger partial charge in [-0.1, -0.05) is 26.0 Å². The smallest absolute Gasteiger partial charge is 0.239 e. The molecule has 0 amide bonds. The molecule has 2 heteroatoms. The summed E-state index contributed by atoms with van der Waals surface area (Å²) in [7, 11) is 0. The maximum atomic E-state index is 9.90. The molecular formula is C11H13O2. The van der Waals surface area contributed by atoms with Gasteiger partial charge in [-0.2, -0.15) is 0 Å².